The molecule has 1 amide bonds. The molecule has 8 rings (SSSR count). The van der Waals surface area contributed by atoms with E-state index in [-0.39, 0.29) is 39.6 Å². The van der Waals surface area contributed by atoms with Gasteiger partial charge in [-0.05, 0) is 34.7 Å². The molecular formula is C63H73NO19. The zero-order valence-electron chi connectivity index (χ0n) is 47.3. The number of carbonyl (C=O) groups is 5. The summed E-state index contributed by atoms with van der Waals surface area (Å²) in [6, 6.07) is 46.3. The smallest absolute Gasteiger partial charge is 0.303 e. The molecule has 3 saturated heterocycles. The number of hydrogen-bond acceptors (Lipinski definition) is 19. The molecule has 5 aromatic rings. The van der Waals surface area contributed by atoms with Gasteiger partial charge < -0.3 is 71.6 Å². The van der Waals surface area contributed by atoms with Crippen molar-refractivity contribution in [1.29, 1.82) is 0 Å². The summed E-state index contributed by atoms with van der Waals surface area (Å²) in [6.07, 6.45) is -18.2. The third-order valence-electron chi connectivity index (χ3n) is 13.8. The summed E-state index contributed by atoms with van der Waals surface area (Å²) < 4.78 is 91.6. The summed E-state index contributed by atoms with van der Waals surface area (Å²) in [6.45, 7) is 7.42. The molecule has 0 bridgehead atoms. The largest absolute Gasteiger partial charge is 0.463 e. The summed E-state index contributed by atoms with van der Waals surface area (Å²) in [4.78, 5) is 65.1. The van der Waals surface area contributed by atoms with Crippen LogP contribution in [0.1, 0.15) is 69.4 Å². The van der Waals surface area contributed by atoms with E-state index >= 15 is 0 Å². The van der Waals surface area contributed by atoms with Crippen molar-refractivity contribution >= 4 is 29.8 Å². The SMILES string of the molecule is CC(=O)N[C@H]1[C@H](OCc2ccccc2)O[C@@H](COCc2ccccc2)[C@@H](O[C@H]2O[C@@H](COC(C)=O)[C@@H](OC(C)=O)[C@@H](OC(C)=O)[C@H]2OC(C)=O)[C@@H]1O[C@H]1O[C@H](C)[C@@H](OCc2ccccc2)[C@H](OCc2ccccc2)[C@@H]1OCc1ccccc1. The molecule has 15 atom stereocenters. The van der Waals surface area contributed by atoms with Crippen molar-refractivity contribution in [3.8, 4) is 0 Å². The quantitative estimate of drug-likeness (QED) is 0.0434. The van der Waals surface area contributed by atoms with Crippen molar-refractivity contribution in [3.63, 3.8) is 0 Å². The normalized spacial score (nSPS) is 27.8. The lowest BCUT2D eigenvalue weighted by Gasteiger charge is -2.51. The highest BCUT2D eigenvalue weighted by atomic mass is 16.8. The average molecular weight is 1150 g/mol. The van der Waals surface area contributed by atoms with Crippen molar-refractivity contribution in [2.45, 2.75) is 167 Å². The van der Waals surface area contributed by atoms with E-state index in [4.69, 9.17) is 66.3 Å². The molecule has 0 saturated carbocycles. The lowest BCUT2D eigenvalue weighted by Crippen LogP contribution is -2.70. The van der Waals surface area contributed by atoms with Crippen molar-refractivity contribution in [1.82, 2.24) is 5.32 Å². The maximum absolute atomic E-state index is 13.7. The molecule has 3 aliphatic heterocycles. The summed E-state index contributed by atoms with van der Waals surface area (Å²) in [7, 11) is 0. The first-order chi connectivity index (χ1) is 40.2. The number of benzene rings is 5. The van der Waals surface area contributed by atoms with Crippen molar-refractivity contribution in [2.75, 3.05) is 13.2 Å². The second-order valence-electron chi connectivity index (χ2n) is 20.3. The van der Waals surface area contributed by atoms with E-state index in [2.05, 4.69) is 5.32 Å². The molecule has 5 aromatic carbocycles. The Kier molecular flexibility index (Phi) is 23.3. The molecule has 3 heterocycles. The van der Waals surface area contributed by atoms with Crippen molar-refractivity contribution in [3.05, 3.63) is 179 Å². The van der Waals surface area contributed by atoms with Crippen LogP contribution in [-0.2, 0) is 123 Å². The number of carbonyl (C=O) groups excluding carboxylic acids is 5. The summed E-state index contributed by atoms with van der Waals surface area (Å²) in [5.41, 5.74) is 4.21. The second-order valence-corrected chi connectivity index (χ2v) is 20.3. The topological polar surface area (TPSA) is 227 Å². The van der Waals surface area contributed by atoms with Crippen LogP contribution in [0.15, 0.2) is 152 Å². The van der Waals surface area contributed by atoms with Gasteiger partial charge in [0, 0.05) is 34.6 Å². The highest BCUT2D eigenvalue weighted by Gasteiger charge is 2.58. The van der Waals surface area contributed by atoms with Gasteiger partial charge in [0.15, 0.2) is 37.2 Å². The molecular weight excluding hydrogens is 1070 g/mol. The van der Waals surface area contributed by atoms with E-state index in [9.17, 15) is 24.0 Å². The van der Waals surface area contributed by atoms with E-state index < -0.39 is 128 Å². The molecule has 83 heavy (non-hydrogen) atoms. The van der Waals surface area contributed by atoms with Crippen molar-refractivity contribution in [2.24, 2.45) is 0 Å². The number of ether oxygens (including phenoxy) is 14. The minimum atomic E-state index is -1.76. The highest BCUT2D eigenvalue weighted by Crippen LogP contribution is 2.38. The van der Waals surface area contributed by atoms with Gasteiger partial charge in [0.25, 0.3) is 0 Å². The Bertz CT molecular complexity index is 2800. The number of hydrogen-bond donors (Lipinski definition) is 1. The number of esters is 4. The Balaban J connectivity index is 1.26. The third kappa shape index (κ3) is 18.3. The first kappa shape index (κ1) is 62.1. The summed E-state index contributed by atoms with van der Waals surface area (Å²) in [5.74, 6) is -3.77. The third-order valence-corrected chi connectivity index (χ3v) is 13.8. The number of nitrogens with one attached hydrogen (secondary N) is 1. The Morgan fingerprint density at radius 3 is 1.27 bits per heavy atom. The average Bonchev–Trinajstić information content (AvgIpc) is 3.67. The fourth-order valence-corrected chi connectivity index (χ4v) is 10.1. The van der Waals surface area contributed by atoms with Crippen LogP contribution in [0.3, 0.4) is 0 Å². The molecule has 20 heteroatoms. The van der Waals surface area contributed by atoms with Gasteiger partial charge in [0.2, 0.25) is 5.91 Å². The van der Waals surface area contributed by atoms with Gasteiger partial charge in [-0.2, -0.15) is 0 Å². The zero-order valence-corrected chi connectivity index (χ0v) is 47.3. The lowest BCUT2D eigenvalue weighted by molar-refractivity contribution is -0.380. The number of rotatable bonds is 26. The van der Waals surface area contributed by atoms with E-state index in [1.54, 1.807) is 0 Å². The predicted octanol–water partition coefficient (Wildman–Crippen LogP) is 7.00. The standard InChI is InChI=1S/C63H73NO19/c1-39-53(72-33-46-24-14-8-15-25-46)57(73-34-47-26-16-9-17-27-47)59(74-35-48-28-18-10-19-29-48)62(76-39)83-56-52(64-40(2)65)61(75-36-49-30-20-11-21-31-49)80-50(37-70-32-45-22-12-7-13-23-45)54(56)82-63-60(79-44(6)69)58(78-43(5)68)55(77-42(4)67)51(81-63)38-71-41(3)66/h7-31,39,50-63H,32-38H2,1-6H3,(H,64,65)/t39-,50+,51+,52-,53-,54-,55-,56-,57+,58-,59+,60-,61-,62-,63-/m1/s1. The van der Waals surface area contributed by atoms with Crippen LogP contribution in [-0.4, -0.2) is 135 Å². The van der Waals surface area contributed by atoms with Gasteiger partial charge >= 0.3 is 23.9 Å². The van der Waals surface area contributed by atoms with Crippen LogP contribution in [0.5, 0.6) is 0 Å². The molecule has 0 aromatic heterocycles. The number of amides is 1. The molecule has 444 valence electrons. The van der Waals surface area contributed by atoms with Gasteiger partial charge in [-0.3, -0.25) is 24.0 Å². The predicted molar refractivity (Wildman–Crippen MR) is 295 cm³/mol. The van der Waals surface area contributed by atoms with Crippen molar-refractivity contribution < 1.29 is 90.3 Å². The first-order valence-electron chi connectivity index (χ1n) is 27.6. The highest BCUT2D eigenvalue weighted by molar-refractivity contribution is 5.73. The summed E-state index contributed by atoms with van der Waals surface area (Å²) in [5, 5.41) is 3.02. The van der Waals surface area contributed by atoms with Crippen LogP contribution < -0.4 is 5.32 Å². The first-order valence-corrected chi connectivity index (χ1v) is 27.6. The van der Waals surface area contributed by atoms with Crippen LogP contribution >= 0.6 is 0 Å². The molecule has 20 nitrogen and oxygen atoms in total. The second kappa shape index (κ2) is 31.1. The maximum atomic E-state index is 13.7. The Labute approximate surface area is 483 Å². The fraction of sp³-hybridized carbons (Fsp3) is 0.444. The molecule has 0 aliphatic carbocycles. The Morgan fingerprint density at radius 1 is 0.386 bits per heavy atom. The van der Waals surface area contributed by atoms with E-state index in [1.165, 1.54) is 13.8 Å². The van der Waals surface area contributed by atoms with Gasteiger partial charge in [-0.15, -0.1) is 0 Å². The molecule has 0 spiro atoms. The van der Waals surface area contributed by atoms with E-state index in [1.807, 2.05) is 159 Å². The van der Waals surface area contributed by atoms with E-state index in [0.29, 0.717) is 0 Å². The fourth-order valence-electron chi connectivity index (χ4n) is 10.1. The Hall–Kier alpha value is -6.95. The van der Waals surface area contributed by atoms with Gasteiger partial charge in [-0.1, -0.05) is 152 Å². The molecule has 3 aliphatic rings. The van der Waals surface area contributed by atoms with Gasteiger partial charge in [0.05, 0.1) is 45.7 Å². The molecule has 1 N–H and O–H groups in total. The minimum absolute atomic E-state index is 0.00667. The van der Waals surface area contributed by atoms with Gasteiger partial charge in [-0.25, -0.2) is 0 Å². The van der Waals surface area contributed by atoms with Crippen LogP contribution in [0.4, 0.5) is 0 Å². The van der Waals surface area contributed by atoms with Crippen LogP contribution in [0.2, 0.25) is 0 Å². The van der Waals surface area contributed by atoms with Crippen LogP contribution in [0.25, 0.3) is 0 Å². The summed E-state index contributed by atoms with van der Waals surface area (Å²) >= 11 is 0. The van der Waals surface area contributed by atoms with Crippen LogP contribution in [0, 0.1) is 0 Å². The van der Waals surface area contributed by atoms with E-state index in [0.717, 1.165) is 48.6 Å². The lowest BCUT2D eigenvalue weighted by atomic mass is 9.94. The minimum Gasteiger partial charge on any atom is -0.463 e. The molecule has 0 radical (unpaired) electrons. The molecule has 3 fully saturated rings. The molecule has 0 unspecified atom stereocenters. The monoisotopic (exact) mass is 1150 g/mol. The Morgan fingerprint density at radius 2 is 0.783 bits per heavy atom. The zero-order chi connectivity index (χ0) is 58.7. The van der Waals surface area contributed by atoms with Gasteiger partial charge in [0.1, 0.15) is 55.4 Å². The maximum Gasteiger partial charge on any atom is 0.303 e.